The van der Waals surface area contributed by atoms with E-state index in [9.17, 15) is 4.79 Å². The fraction of sp³-hybridized carbons (Fsp3) is 0.321. The van der Waals surface area contributed by atoms with E-state index in [1.54, 1.807) is 6.20 Å². The van der Waals surface area contributed by atoms with E-state index in [2.05, 4.69) is 20.3 Å². The summed E-state index contributed by atoms with van der Waals surface area (Å²) in [6.45, 7) is 0. The van der Waals surface area contributed by atoms with Gasteiger partial charge in [0, 0.05) is 23.7 Å². The summed E-state index contributed by atoms with van der Waals surface area (Å²) in [4.78, 5) is 34.5. The van der Waals surface area contributed by atoms with Crippen molar-refractivity contribution in [3.8, 4) is 22.8 Å². The number of para-hydroxylation sites is 1. The number of aromatic amines is 1. The molecule has 1 aromatic carbocycles. The van der Waals surface area contributed by atoms with Gasteiger partial charge in [0.1, 0.15) is 27.8 Å². The maximum atomic E-state index is 12.8. The molecule has 2 atom stereocenters. The molecule has 2 N–H and O–H groups in total. The summed E-state index contributed by atoms with van der Waals surface area (Å²) >= 11 is 6.16. The lowest BCUT2D eigenvalue weighted by Gasteiger charge is -2.47. The highest BCUT2D eigenvalue weighted by Gasteiger charge is 2.48. The zero-order valence-corrected chi connectivity index (χ0v) is 21.4. The third-order valence-electron chi connectivity index (χ3n) is 8.00. The van der Waals surface area contributed by atoms with Crippen molar-refractivity contribution in [1.82, 2.24) is 24.9 Å². The third-order valence-corrected chi connectivity index (χ3v) is 8.19. The minimum Gasteiger partial charge on any atom is -0.469 e. The van der Waals surface area contributed by atoms with E-state index in [-0.39, 0.29) is 23.1 Å². The molecule has 8 rings (SSSR count). The Morgan fingerprint density at radius 2 is 1.92 bits per heavy atom. The summed E-state index contributed by atoms with van der Waals surface area (Å²) in [6.07, 6.45) is 7.55. The quantitative estimate of drug-likeness (QED) is 0.272. The van der Waals surface area contributed by atoms with Crippen LogP contribution >= 0.6 is 11.6 Å². The lowest BCUT2D eigenvalue weighted by atomic mass is 9.61. The summed E-state index contributed by atoms with van der Waals surface area (Å²) in [7, 11) is 1.47. The van der Waals surface area contributed by atoms with Gasteiger partial charge in [-0.1, -0.05) is 29.8 Å². The minimum absolute atomic E-state index is 0.0709. The highest BCUT2D eigenvalue weighted by molar-refractivity contribution is 6.29. The van der Waals surface area contributed by atoms with Crippen molar-refractivity contribution in [2.45, 2.75) is 31.7 Å². The van der Waals surface area contributed by atoms with Crippen molar-refractivity contribution in [1.29, 1.82) is 0 Å². The number of halogens is 1. The molecule has 0 saturated heterocycles. The fourth-order valence-corrected chi connectivity index (χ4v) is 6.35. The second-order valence-electron chi connectivity index (χ2n) is 10.1. The predicted octanol–water partition coefficient (Wildman–Crippen LogP) is 5.87. The van der Waals surface area contributed by atoms with Gasteiger partial charge in [0.15, 0.2) is 17.2 Å². The number of nitrogens with one attached hydrogen (secondary N) is 2. The SMILES string of the molecule is COC(=O)C1C2CCC(CC2)C1Nc1cc(-c2cc3ccccc3o2)nc(-c2c[nH]c3ncc(Cl)nc23)n1. The third kappa shape index (κ3) is 3.89. The zero-order chi connectivity index (χ0) is 25.8. The summed E-state index contributed by atoms with van der Waals surface area (Å²) in [5, 5.41) is 4.88. The van der Waals surface area contributed by atoms with Gasteiger partial charge in [-0.15, -0.1) is 0 Å². The lowest BCUT2D eigenvalue weighted by molar-refractivity contribution is -0.152. The number of carbonyl (C=O) groups is 1. The smallest absolute Gasteiger partial charge is 0.311 e. The van der Waals surface area contributed by atoms with Gasteiger partial charge in [0.2, 0.25) is 0 Å². The first-order valence-corrected chi connectivity index (χ1v) is 13.2. The minimum atomic E-state index is -0.210. The number of esters is 1. The van der Waals surface area contributed by atoms with Gasteiger partial charge in [-0.25, -0.2) is 19.9 Å². The van der Waals surface area contributed by atoms with Crippen LogP contribution in [0.1, 0.15) is 25.7 Å². The van der Waals surface area contributed by atoms with Gasteiger partial charge in [0.25, 0.3) is 0 Å². The molecule has 0 aliphatic heterocycles. The Balaban J connectivity index is 1.36. The summed E-state index contributed by atoms with van der Waals surface area (Å²) < 4.78 is 11.4. The van der Waals surface area contributed by atoms with Gasteiger partial charge in [-0.05, 0) is 49.7 Å². The molecule has 4 heterocycles. The molecule has 9 nitrogen and oxygen atoms in total. The fourth-order valence-electron chi connectivity index (χ4n) is 6.22. The first kappa shape index (κ1) is 23.2. The Morgan fingerprint density at radius 3 is 2.74 bits per heavy atom. The molecule has 3 fully saturated rings. The van der Waals surface area contributed by atoms with Gasteiger partial charge >= 0.3 is 5.97 Å². The van der Waals surface area contributed by atoms with E-state index in [1.165, 1.54) is 13.3 Å². The molecule has 0 radical (unpaired) electrons. The molecule has 192 valence electrons. The molecule has 2 bridgehead atoms. The van der Waals surface area contributed by atoms with Crippen LogP contribution in [-0.4, -0.2) is 44.0 Å². The van der Waals surface area contributed by atoms with E-state index >= 15 is 0 Å². The van der Waals surface area contributed by atoms with E-state index in [0.29, 0.717) is 51.7 Å². The topological polar surface area (TPSA) is 119 Å². The number of methoxy groups -OCH3 is 1. The van der Waals surface area contributed by atoms with Crippen molar-refractivity contribution in [2.75, 3.05) is 12.4 Å². The summed E-state index contributed by atoms with van der Waals surface area (Å²) in [5.74, 6) is 1.99. The molecule has 3 aliphatic carbocycles. The Bertz CT molecular complexity index is 1640. The van der Waals surface area contributed by atoms with E-state index in [4.69, 9.17) is 30.7 Å². The standard InChI is InChI=1S/C28H25ClN6O3/c1-37-28(36)23-14-6-8-15(9-7-14)24(23)34-22-11-18(20-10-16-4-2-3-5-19(16)38-20)32-26(35-22)17-12-30-27-25(17)33-21(29)13-31-27/h2-5,10-15,23-24H,6-9H2,1H3,(H,30,31)(H,32,34,35). The monoisotopic (exact) mass is 528 g/mol. The Kier molecular flexibility index (Phi) is 5.54. The first-order chi connectivity index (χ1) is 18.6. The summed E-state index contributed by atoms with van der Waals surface area (Å²) in [5.41, 5.74) is 3.23. The summed E-state index contributed by atoms with van der Waals surface area (Å²) in [6, 6.07) is 11.6. The number of H-pyrrole nitrogens is 1. The number of rotatable bonds is 5. The molecule has 0 spiro atoms. The molecule has 10 heteroatoms. The number of aromatic nitrogens is 5. The maximum absolute atomic E-state index is 12.8. The molecule has 5 aromatic rings. The van der Waals surface area contributed by atoms with E-state index in [1.807, 2.05) is 36.4 Å². The zero-order valence-electron chi connectivity index (χ0n) is 20.6. The Labute approximate surface area is 223 Å². The number of nitrogens with zero attached hydrogens (tertiary/aromatic N) is 4. The lowest BCUT2D eigenvalue weighted by Crippen LogP contribution is -2.51. The second kappa shape index (κ2) is 9.09. The van der Waals surface area contributed by atoms with Crippen LogP contribution in [0.4, 0.5) is 5.82 Å². The Hall–Kier alpha value is -3.98. The Morgan fingerprint density at radius 1 is 1.11 bits per heavy atom. The van der Waals surface area contributed by atoms with Gasteiger partial charge in [0.05, 0.1) is 24.8 Å². The van der Waals surface area contributed by atoms with Crippen LogP contribution < -0.4 is 5.32 Å². The van der Waals surface area contributed by atoms with Crippen LogP contribution in [0.2, 0.25) is 5.15 Å². The van der Waals surface area contributed by atoms with Crippen molar-refractivity contribution in [3.63, 3.8) is 0 Å². The molecule has 3 saturated carbocycles. The van der Waals surface area contributed by atoms with Crippen molar-refractivity contribution < 1.29 is 13.9 Å². The number of benzene rings is 1. The molecule has 2 unspecified atom stereocenters. The second-order valence-corrected chi connectivity index (χ2v) is 10.5. The van der Waals surface area contributed by atoms with Crippen LogP contribution in [0.5, 0.6) is 0 Å². The highest BCUT2D eigenvalue weighted by Crippen LogP contribution is 2.47. The average molecular weight is 529 g/mol. The van der Waals surface area contributed by atoms with Crippen molar-refractivity contribution in [2.24, 2.45) is 17.8 Å². The van der Waals surface area contributed by atoms with E-state index < -0.39 is 0 Å². The van der Waals surface area contributed by atoms with Gasteiger partial charge in [-0.3, -0.25) is 4.79 Å². The van der Waals surface area contributed by atoms with Crippen LogP contribution in [0.3, 0.4) is 0 Å². The van der Waals surface area contributed by atoms with Crippen molar-refractivity contribution in [3.05, 3.63) is 53.9 Å². The van der Waals surface area contributed by atoms with Crippen LogP contribution in [0, 0.1) is 17.8 Å². The number of ether oxygens (including phenoxy) is 1. The molecule has 4 aromatic heterocycles. The molecule has 38 heavy (non-hydrogen) atoms. The molecular weight excluding hydrogens is 504 g/mol. The number of fused-ring (bicyclic) bond motifs is 5. The predicted molar refractivity (Wildman–Crippen MR) is 143 cm³/mol. The van der Waals surface area contributed by atoms with Gasteiger partial charge < -0.3 is 19.5 Å². The van der Waals surface area contributed by atoms with E-state index in [0.717, 1.165) is 36.7 Å². The van der Waals surface area contributed by atoms with Crippen LogP contribution in [0.15, 0.2) is 53.2 Å². The largest absolute Gasteiger partial charge is 0.469 e. The number of furan rings is 1. The first-order valence-electron chi connectivity index (χ1n) is 12.8. The van der Waals surface area contributed by atoms with Crippen molar-refractivity contribution >= 4 is 45.5 Å². The number of hydrogen-bond donors (Lipinski definition) is 2. The normalized spacial score (nSPS) is 22.7. The molecule has 3 aliphatic rings. The molecule has 0 amide bonds. The highest BCUT2D eigenvalue weighted by atomic mass is 35.5. The maximum Gasteiger partial charge on any atom is 0.311 e. The molecular formula is C28H25ClN6O3. The average Bonchev–Trinajstić information content (AvgIpc) is 3.57. The van der Waals surface area contributed by atoms with Crippen LogP contribution in [0.25, 0.3) is 45.0 Å². The van der Waals surface area contributed by atoms with Crippen LogP contribution in [-0.2, 0) is 9.53 Å². The van der Waals surface area contributed by atoms with Gasteiger partial charge in [-0.2, -0.15) is 0 Å². The number of hydrogen-bond acceptors (Lipinski definition) is 8. The number of carbonyl (C=O) groups excluding carboxylic acids is 1. The number of anilines is 1.